The van der Waals surface area contributed by atoms with E-state index in [2.05, 4.69) is 26.6 Å². The molecular formula is C13H15BrN2O4. The fraction of sp³-hybridized carbons (Fsp3) is 0.385. The lowest BCUT2D eigenvalue weighted by Gasteiger charge is -2.24. The summed E-state index contributed by atoms with van der Waals surface area (Å²) in [6.45, 7) is 2.20. The van der Waals surface area contributed by atoms with Crippen LogP contribution in [0.25, 0.3) is 0 Å². The third-order valence-corrected chi connectivity index (χ3v) is 3.85. The van der Waals surface area contributed by atoms with Gasteiger partial charge >= 0.3 is 12.0 Å². The molecule has 2 rings (SSSR count). The number of urea groups is 1. The van der Waals surface area contributed by atoms with Crippen molar-refractivity contribution in [1.29, 1.82) is 0 Å². The number of halogens is 1. The number of anilines is 1. The maximum atomic E-state index is 12.0. The number of hydrogen-bond donors (Lipinski definition) is 3. The lowest BCUT2D eigenvalue weighted by molar-refractivity contribution is -0.144. The standard InChI is InChI=1S/C13H15BrN2O4/c1-8-2-3-9(14)10(6-8)15-12(19)16-13(11(17)18)4-5-20-7-13/h2-3,6H,4-5,7H2,1H3,(H,17,18)(H2,15,16,19). The Morgan fingerprint density at radius 1 is 1.45 bits per heavy atom. The predicted molar refractivity (Wildman–Crippen MR) is 76.8 cm³/mol. The highest BCUT2D eigenvalue weighted by Crippen LogP contribution is 2.24. The maximum absolute atomic E-state index is 12.0. The summed E-state index contributed by atoms with van der Waals surface area (Å²) in [6, 6.07) is 4.94. The molecule has 6 nitrogen and oxygen atoms in total. The molecule has 0 spiro atoms. The number of carbonyl (C=O) groups is 2. The third kappa shape index (κ3) is 3.10. The minimum absolute atomic E-state index is 0.0231. The van der Waals surface area contributed by atoms with Gasteiger partial charge in [0.25, 0.3) is 0 Å². The van der Waals surface area contributed by atoms with Gasteiger partial charge in [0.2, 0.25) is 0 Å². The van der Waals surface area contributed by atoms with E-state index in [1.54, 1.807) is 6.07 Å². The van der Waals surface area contributed by atoms with Crippen LogP contribution in [0.4, 0.5) is 10.5 Å². The summed E-state index contributed by atoms with van der Waals surface area (Å²) in [4.78, 5) is 23.3. The molecule has 2 amide bonds. The van der Waals surface area contributed by atoms with E-state index in [1.807, 2.05) is 19.1 Å². The van der Waals surface area contributed by atoms with E-state index in [1.165, 1.54) is 0 Å². The summed E-state index contributed by atoms with van der Waals surface area (Å²) in [5.41, 5.74) is 0.225. The summed E-state index contributed by atoms with van der Waals surface area (Å²) in [5, 5.41) is 14.4. The topological polar surface area (TPSA) is 87.7 Å². The van der Waals surface area contributed by atoms with Gasteiger partial charge in [-0.2, -0.15) is 0 Å². The van der Waals surface area contributed by atoms with E-state index in [4.69, 9.17) is 4.74 Å². The van der Waals surface area contributed by atoms with E-state index in [0.717, 1.165) is 10.0 Å². The zero-order chi connectivity index (χ0) is 14.8. The Bertz CT molecular complexity index is 541. The molecule has 1 aromatic rings. The van der Waals surface area contributed by atoms with Crippen molar-refractivity contribution in [3.63, 3.8) is 0 Å². The molecule has 0 aromatic heterocycles. The van der Waals surface area contributed by atoms with Gasteiger partial charge in [-0.1, -0.05) is 6.07 Å². The highest BCUT2D eigenvalue weighted by molar-refractivity contribution is 9.10. The first-order valence-electron chi connectivity index (χ1n) is 6.09. The number of hydrogen-bond acceptors (Lipinski definition) is 3. The monoisotopic (exact) mass is 342 g/mol. The van der Waals surface area contributed by atoms with Gasteiger partial charge in [0.05, 0.1) is 12.3 Å². The zero-order valence-electron chi connectivity index (χ0n) is 10.9. The highest BCUT2D eigenvalue weighted by Gasteiger charge is 2.44. The van der Waals surface area contributed by atoms with Gasteiger partial charge in [-0.15, -0.1) is 0 Å². The first-order chi connectivity index (χ1) is 9.43. The summed E-state index contributed by atoms with van der Waals surface area (Å²) in [6.07, 6.45) is 0.255. The average Bonchev–Trinajstić information content (AvgIpc) is 2.83. The Labute approximate surface area is 124 Å². The van der Waals surface area contributed by atoms with Crippen molar-refractivity contribution in [1.82, 2.24) is 5.32 Å². The SMILES string of the molecule is Cc1ccc(Br)c(NC(=O)NC2(C(=O)O)CCOC2)c1. The highest BCUT2D eigenvalue weighted by atomic mass is 79.9. The number of ether oxygens (including phenoxy) is 1. The van der Waals surface area contributed by atoms with E-state index < -0.39 is 17.5 Å². The Morgan fingerprint density at radius 2 is 2.20 bits per heavy atom. The third-order valence-electron chi connectivity index (χ3n) is 3.15. The molecule has 1 aliphatic rings. The number of aryl methyl sites for hydroxylation is 1. The Hall–Kier alpha value is -1.60. The molecule has 7 heteroatoms. The molecule has 1 heterocycles. The quantitative estimate of drug-likeness (QED) is 0.785. The number of nitrogens with one attached hydrogen (secondary N) is 2. The number of amides is 2. The van der Waals surface area contributed by atoms with E-state index in [-0.39, 0.29) is 13.0 Å². The van der Waals surface area contributed by atoms with Crippen molar-refractivity contribution >= 4 is 33.6 Å². The molecule has 0 radical (unpaired) electrons. The second kappa shape index (κ2) is 5.80. The molecular weight excluding hydrogens is 328 g/mol. The molecule has 1 saturated heterocycles. The molecule has 1 atom stereocenters. The Balaban J connectivity index is 2.08. The maximum Gasteiger partial charge on any atom is 0.332 e. The van der Waals surface area contributed by atoms with Crippen molar-refractivity contribution in [2.45, 2.75) is 18.9 Å². The minimum atomic E-state index is -1.35. The average molecular weight is 343 g/mol. The molecule has 1 fully saturated rings. The lowest BCUT2D eigenvalue weighted by atomic mass is 9.99. The van der Waals surface area contributed by atoms with Crippen LogP contribution in [0.3, 0.4) is 0 Å². The fourth-order valence-electron chi connectivity index (χ4n) is 1.99. The summed E-state index contributed by atoms with van der Waals surface area (Å²) in [5.74, 6) is -1.09. The van der Waals surface area contributed by atoms with Crippen LogP contribution in [0, 0.1) is 6.92 Å². The van der Waals surface area contributed by atoms with Gasteiger partial charge in [-0.05, 0) is 40.5 Å². The molecule has 0 aliphatic carbocycles. The number of rotatable bonds is 3. The van der Waals surface area contributed by atoms with Crippen LogP contribution < -0.4 is 10.6 Å². The predicted octanol–water partition coefficient (Wildman–Crippen LogP) is 2.12. The van der Waals surface area contributed by atoms with Crippen molar-refractivity contribution in [3.05, 3.63) is 28.2 Å². The van der Waals surface area contributed by atoms with Crippen LogP contribution in [0.1, 0.15) is 12.0 Å². The summed E-state index contributed by atoms with van der Waals surface area (Å²) < 4.78 is 5.81. The number of carboxylic acid groups (broad SMARTS) is 1. The first-order valence-corrected chi connectivity index (χ1v) is 6.89. The Morgan fingerprint density at radius 3 is 2.80 bits per heavy atom. The smallest absolute Gasteiger partial charge is 0.332 e. The number of carboxylic acids is 1. The van der Waals surface area contributed by atoms with Gasteiger partial charge in [0.1, 0.15) is 0 Å². The number of carbonyl (C=O) groups excluding carboxylic acids is 1. The molecule has 0 bridgehead atoms. The molecule has 20 heavy (non-hydrogen) atoms. The van der Waals surface area contributed by atoms with Crippen LogP contribution in [0.15, 0.2) is 22.7 Å². The molecule has 3 N–H and O–H groups in total. The van der Waals surface area contributed by atoms with Crippen molar-refractivity contribution in [2.24, 2.45) is 0 Å². The summed E-state index contributed by atoms with van der Waals surface area (Å²) >= 11 is 3.33. The molecule has 1 aliphatic heterocycles. The molecule has 1 aromatic carbocycles. The van der Waals surface area contributed by atoms with Gasteiger partial charge in [0.15, 0.2) is 5.54 Å². The van der Waals surface area contributed by atoms with E-state index in [0.29, 0.717) is 12.3 Å². The Kier molecular flexibility index (Phi) is 4.29. The second-order valence-electron chi connectivity index (χ2n) is 4.75. The summed E-state index contributed by atoms with van der Waals surface area (Å²) in [7, 11) is 0. The first kappa shape index (κ1) is 14.8. The van der Waals surface area contributed by atoms with Gasteiger partial charge in [-0.25, -0.2) is 9.59 Å². The molecule has 0 saturated carbocycles. The van der Waals surface area contributed by atoms with Crippen molar-refractivity contribution < 1.29 is 19.4 Å². The van der Waals surface area contributed by atoms with Crippen LogP contribution in [-0.2, 0) is 9.53 Å². The van der Waals surface area contributed by atoms with Gasteiger partial charge < -0.3 is 20.5 Å². The zero-order valence-corrected chi connectivity index (χ0v) is 12.5. The second-order valence-corrected chi connectivity index (χ2v) is 5.61. The van der Waals surface area contributed by atoms with E-state index in [9.17, 15) is 14.7 Å². The largest absolute Gasteiger partial charge is 0.479 e. The number of aliphatic carboxylic acids is 1. The van der Waals surface area contributed by atoms with Crippen molar-refractivity contribution in [3.8, 4) is 0 Å². The van der Waals surface area contributed by atoms with Crippen LogP contribution in [-0.4, -0.2) is 35.9 Å². The normalized spacial score (nSPS) is 21.5. The van der Waals surface area contributed by atoms with Gasteiger partial charge in [0, 0.05) is 17.5 Å². The molecule has 1 unspecified atom stereocenters. The van der Waals surface area contributed by atoms with Crippen LogP contribution in [0.5, 0.6) is 0 Å². The minimum Gasteiger partial charge on any atom is -0.479 e. The van der Waals surface area contributed by atoms with Crippen LogP contribution in [0.2, 0.25) is 0 Å². The van der Waals surface area contributed by atoms with Crippen molar-refractivity contribution in [2.75, 3.05) is 18.5 Å². The van der Waals surface area contributed by atoms with E-state index >= 15 is 0 Å². The van der Waals surface area contributed by atoms with Gasteiger partial charge in [-0.3, -0.25) is 0 Å². The number of benzene rings is 1. The van der Waals surface area contributed by atoms with Crippen LogP contribution >= 0.6 is 15.9 Å². The fourth-order valence-corrected chi connectivity index (χ4v) is 2.34. The molecule has 108 valence electrons. The lowest BCUT2D eigenvalue weighted by Crippen LogP contribution is -2.56.